The molecule has 112 valence electrons. The second kappa shape index (κ2) is 7.96. The number of methoxy groups -OCH3 is 1. The van der Waals surface area contributed by atoms with Crippen molar-refractivity contribution >= 4 is 11.6 Å². The van der Waals surface area contributed by atoms with Crippen LogP contribution in [0.4, 0.5) is 0 Å². The monoisotopic (exact) mass is 305 g/mol. The Balaban J connectivity index is 2.28. The Morgan fingerprint density at radius 2 is 2.00 bits per heavy atom. The highest BCUT2D eigenvalue weighted by atomic mass is 35.5. The fraction of sp³-hybridized carbons (Fsp3) is 0.375. The van der Waals surface area contributed by atoms with E-state index in [4.69, 9.17) is 16.3 Å². The number of hydrogen-bond donors (Lipinski definition) is 1. The van der Waals surface area contributed by atoms with Gasteiger partial charge in [0.05, 0.1) is 18.3 Å². The zero-order valence-corrected chi connectivity index (χ0v) is 13.1. The van der Waals surface area contributed by atoms with Gasteiger partial charge in [0.2, 0.25) is 0 Å². The third kappa shape index (κ3) is 4.16. The average Bonchev–Trinajstić information content (AvgIpc) is 2.53. The SMILES string of the molecule is CCCNC(Cc1ccncc1Cl)c1ccncc1OC. The van der Waals surface area contributed by atoms with Crippen molar-refractivity contribution in [1.82, 2.24) is 15.3 Å². The first-order valence-corrected chi connectivity index (χ1v) is 7.43. The molecule has 0 radical (unpaired) electrons. The Bertz CT molecular complexity index is 577. The molecular formula is C16H20ClN3O. The first-order valence-electron chi connectivity index (χ1n) is 7.06. The van der Waals surface area contributed by atoms with Crippen LogP contribution in [-0.2, 0) is 6.42 Å². The number of rotatable bonds is 7. The van der Waals surface area contributed by atoms with Crippen LogP contribution in [-0.4, -0.2) is 23.6 Å². The van der Waals surface area contributed by atoms with Crippen molar-refractivity contribution in [3.63, 3.8) is 0 Å². The van der Waals surface area contributed by atoms with Crippen molar-refractivity contribution in [2.45, 2.75) is 25.8 Å². The van der Waals surface area contributed by atoms with Crippen molar-refractivity contribution in [2.75, 3.05) is 13.7 Å². The number of halogens is 1. The van der Waals surface area contributed by atoms with Crippen LogP contribution >= 0.6 is 11.6 Å². The van der Waals surface area contributed by atoms with Gasteiger partial charge in [0, 0.05) is 30.2 Å². The summed E-state index contributed by atoms with van der Waals surface area (Å²) >= 11 is 6.23. The molecule has 21 heavy (non-hydrogen) atoms. The molecule has 0 aromatic carbocycles. The molecule has 2 aromatic rings. The number of hydrogen-bond acceptors (Lipinski definition) is 4. The maximum absolute atomic E-state index is 6.23. The first kappa shape index (κ1) is 15.7. The van der Waals surface area contributed by atoms with Gasteiger partial charge in [-0.1, -0.05) is 18.5 Å². The molecule has 2 aromatic heterocycles. The van der Waals surface area contributed by atoms with Gasteiger partial charge in [-0.15, -0.1) is 0 Å². The smallest absolute Gasteiger partial charge is 0.141 e. The van der Waals surface area contributed by atoms with Crippen LogP contribution in [0.15, 0.2) is 36.9 Å². The largest absolute Gasteiger partial charge is 0.495 e. The molecule has 1 N–H and O–H groups in total. The van der Waals surface area contributed by atoms with E-state index >= 15 is 0 Å². The van der Waals surface area contributed by atoms with E-state index in [1.54, 1.807) is 31.9 Å². The van der Waals surface area contributed by atoms with E-state index in [0.29, 0.717) is 5.02 Å². The van der Waals surface area contributed by atoms with E-state index < -0.39 is 0 Å². The molecule has 0 fully saturated rings. The van der Waals surface area contributed by atoms with E-state index in [-0.39, 0.29) is 6.04 Å². The highest BCUT2D eigenvalue weighted by molar-refractivity contribution is 6.31. The third-order valence-corrected chi connectivity index (χ3v) is 3.67. The van der Waals surface area contributed by atoms with Crippen molar-refractivity contribution < 1.29 is 4.74 Å². The van der Waals surface area contributed by atoms with E-state index in [9.17, 15) is 0 Å². The molecule has 0 aliphatic carbocycles. The molecule has 0 saturated heterocycles. The summed E-state index contributed by atoms with van der Waals surface area (Å²) in [7, 11) is 1.66. The number of pyridine rings is 2. The molecule has 5 heteroatoms. The summed E-state index contributed by atoms with van der Waals surface area (Å²) in [6.07, 6.45) is 8.81. The maximum Gasteiger partial charge on any atom is 0.141 e. The predicted octanol–water partition coefficient (Wildman–Crippen LogP) is 3.42. The van der Waals surface area contributed by atoms with Crippen LogP contribution < -0.4 is 10.1 Å². The molecule has 1 unspecified atom stereocenters. The molecule has 0 saturated carbocycles. The minimum Gasteiger partial charge on any atom is -0.495 e. The van der Waals surface area contributed by atoms with Crippen LogP contribution in [0.5, 0.6) is 5.75 Å². The topological polar surface area (TPSA) is 47.0 Å². The van der Waals surface area contributed by atoms with E-state index in [0.717, 1.165) is 36.3 Å². The second-order valence-corrected chi connectivity index (χ2v) is 5.20. The van der Waals surface area contributed by atoms with Crippen LogP contribution in [0, 0.1) is 0 Å². The Morgan fingerprint density at radius 3 is 2.71 bits per heavy atom. The lowest BCUT2D eigenvalue weighted by Crippen LogP contribution is -2.24. The van der Waals surface area contributed by atoms with Crippen LogP contribution in [0.2, 0.25) is 5.02 Å². The van der Waals surface area contributed by atoms with Crippen LogP contribution in [0.3, 0.4) is 0 Å². The molecule has 0 bridgehead atoms. The summed E-state index contributed by atoms with van der Waals surface area (Å²) < 4.78 is 5.43. The summed E-state index contributed by atoms with van der Waals surface area (Å²) in [6.45, 7) is 3.08. The fourth-order valence-corrected chi connectivity index (χ4v) is 2.45. The highest BCUT2D eigenvalue weighted by Gasteiger charge is 2.17. The van der Waals surface area contributed by atoms with E-state index in [1.165, 1.54) is 0 Å². The molecule has 2 rings (SSSR count). The minimum absolute atomic E-state index is 0.128. The second-order valence-electron chi connectivity index (χ2n) is 4.80. The van der Waals surface area contributed by atoms with E-state index in [1.807, 2.05) is 12.1 Å². The lowest BCUT2D eigenvalue weighted by molar-refractivity contribution is 0.396. The number of aromatic nitrogens is 2. The molecular weight excluding hydrogens is 286 g/mol. The van der Waals surface area contributed by atoms with Gasteiger partial charge in [-0.05, 0) is 37.1 Å². The van der Waals surface area contributed by atoms with Crippen molar-refractivity contribution in [2.24, 2.45) is 0 Å². The summed E-state index contributed by atoms with van der Waals surface area (Å²) in [5.41, 5.74) is 2.16. The van der Waals surface area contributed by atoms with Gasteiger partial charge in [0.1, 0.15) is 5.75 Å². The van der Waals surface area contributed by atoms with Crippen molar-refractivity contribution in [3.05, 3.63) is 53.1 Å². The minimum atomic E-state index is 0.128. The average molecular weight is 306 g/mol. The summed E-state index contributed by atoms with van der Waals surface area (Å²) in [5.74, 6) is 0.788. The van der Waals surface area contributed by atoms with Gasteiger partial charge >= 0.3 is 0 Å². The number of nitrogens with one attached hydrogen (secondary N) is 1. The van der Waals surface area contributed by atoms with Gasteiger partial charge in [-0.3, -0.25) is 9.97 Å². The van der Waals surface area contributed by atoms with Crippen LogP contribution in [0.25, 0.3) is 0 Å². The Labute approximate surface area is 130 Å². The quantitative estimate of drug-likeness (QED) is 0.851. The molecule has 0 aliphatic heterocycles. The van der Waals surface area contributed by atoms with Gasteiger partial charge in [0.15, 0.2) is 0 Å². The Kier molecular flexibility index (Phi) is 5.96. The van der Waals surface area contributed by atoms with Gasteiger partial charge in [-0.2, -0.15) is 0 Å². The van der Waals surface area contributed by atoms with E-state index in [2.05, 4.69) is 22.2 Å². The zero-order valence-electron chi connectivity index (χ0n) is 12.3. The van der Waals surface area contributed by atoms with Gasteiger partial charge in [0.25, 0.3) is 0 Å². The van der Waals surface area contributed by atoms with Gasteiger partial charge in [-0.25, -0.2) is 0 Å². The van der Waals surface area contributed by atoms with Crippen molar-refractivity contribution in [1.29, 1.82) is 0 Å². The normalized spacial score (nSPS) is 12.1. The highest BCUT2D eigenvalue weighted by Crippen LogP contribution is 2.28. The van der Waals surface area contributed by atoms with Crippen LogP contribution in [0.1, 0.15) is 30.5 Å². The number of ether oxygens (including phenoxy) is 1. The molecule has 0 amide bonds. The van der Waals surface area contributed by atoms with Gasteiger partial charge < -0.3 is 10.1 Å². The maximum atomic E-state index is 6.23. The molecule has 2 heterocycles. The number of nitrogens with zero attached hydrogens (tertiary/aromatic N) is 2. The summed E-state index contributed by atoms with van der Waals surface area (Å²) in [4.78, 5) is 8.15. The molecule has 0 aliphatic rings. The first-order chi connectivity index (χ1) is 10.3. The zero-order chi connectivity index (χ0) is 15.1. The Morgan fingerprint density at radius 1 is 1.24 bits per heavy atom. The summed E-state index contributed by atoms with van der Waals surface area (Å²) in [5, 5.41) is 4.24. The standard InChI is InChI=1S/C16H20ClN3O/c1-3-6-20-15(9-12-4-7-18-10-14(12)17)13-5-8-19-11-16(13)21-2/h4-5,7-8,10-11,15,20H,3,6,9H2,1-2H3. The third-order valence-electron chi connectivity index (χ3n) is 3.33. The molecule has 1 atom stereocenters. The fourth-order valence-electron chi connectivity index (χ4n) is 2.25. The lowest BCUT2D eigenvalue weighted by atomic mass is 9.99. The summed E-state index contributed by atoms with van der Waals surface area (Å²) in [6, 6.07) is 4.07. The molecule has 4 nitrogen and oxygen atoms in total. The predicted molar refractivity (Wildman–Crippen MR) is 84.8 cm³/mol. The Hall–Kier alpha value is -1.65. The molecule has 0 spiro atoms. The van der Waals surface area contributed by atoms with Crippen molar-refractivity contribution in [3.8, 4) is 5.75 Å². The lowest BCUT2D eigenvalue weighted by Gasteiger charge is -2.21.